The Kier molecular flexibility index (Phi) is 4.20. The second kappa shape index (κ2) is 6.28. The van der Waals surface area contributed by atoms with E-state index in [9.17, 15) is 0 Å². The van der Waals surface area contributed by atoms with Gasteiger partial charge in [0.05, 0.1) is 0 Å². The molecule has 0 bridgehead atoms. The Labute approximate surface area is 131 Å². The second-order valence-electron chi connectivity index (χ2n) is 5.85. The van der Waals surface area contributed by atoms with E-state index in [2.05, 4.69) is 48.4 Å². The number of pyridine rings is 1. The molecule has 4 heteroatoms. The summed E-state index contributed by atoms with van der Waals surface area (Å²) in [5.74, 6) is 1.00. The fraction of sp³-hybridized carbons (Fsp3) is 0.333. The third-order valence-electron chi connectivity index (χ3n) is 4.05. The minimum Gasteiger partial charge on any atom is -0.312 e. The fourth-order valence-electron chi connectivity index (χ4n) is 2.96. The van der Waals surface area contributed by atoms with Crippen molar-refractivity contribution in [3.8, 4) is 0 Å². The average molecular weight is 294 g/mol. The van der Waals surface area contributed by atoms with Crippen molar-refractivity contribution in [2.24, 2.45) is 0 Å². The third kappa shape index (κ3) is 3.02. The smallest absolute Gasteiger partial charge is 0.160 e. The van der Waals surface area contributed by atoms with E-state index in [0.717, 1.165) is 31.0 Å². The van der Waals surface area contributed by atoms with Gasteiger partial charge < -0.3 is 5.32 Å². The SMILES string of the molecule is Cc1cc(C)c(CNCCc2nnc3ccccn23)c(C)c1. The van der Waals surface area contributed by atoms with E-state index in [1.54, 1.807) is 0 Å². The van der Waals surface area contributed by atoms with E-state index < -0.39 is 0 Å². The van der Waals surface area contributed by atoms with Crippen LogP contribution in [0.1, 0.15) is 28.1 Å². The highest BCUT2D eigenvalue weighted by Crippen LogP contribution is 2.16. The molecule has 2 heterocycles. The molecule has 0 atom stereocenters. The monoisotopic (exact) mass is 294 g/mol. The predicted molar refractivity (Wildman–Crippen MR) is 89.1 cm³/mol. The van der Waals surface area contributed by atoms with Crippen molar-refractivity contribution in [1.82, 2.24) is 19.9 Å². The number of fused-ring (bicyclic) bond motifs is 1. The maximum absolute atomic E-state index is 4.26. The first-order valence-electron chi connectivity index (χ1n) is 7.71. The van der Waals surface area contributed by atoms with Crippen LogP contribution in [0.15, 0.2) is 36.5 Å². The van der Waals surface area contributed by atoms with Gasteiger partial charge >= 0.3 is 0 Å². The van der Waals surface area contributed by atoms with E-state index in [1.165, 1.54) is 22.3 Å². The van der Waals surface area contributed by atoms with Gasteiger partial charge in [0, 0.05) is 25.7 Å². The molecular weight excluding hydrogens is 272 g/mol. The van der Waals surface area contributed by atoms with Crippen LogP contribution in [0.3, 0.4) is 0 Å². The molecule has 0 spiro atoms. The number of nitrogens with zero attached hydrogens (tertiary/aromatic N) is 3. The van der Waals surface area contributed by atoms with E-state index in [0.29, 0.717) is 0 Å². The number of rotatable bonds is 5. The van der Waals surface area contributed by atoms with Crippen molar-refractivity contribution in [1.29, 1.82) is 0 Å². The van der Waals surface area contributed by atoms with Crippen molar-refractivity contribution in [2.45, 2.75) is 33.7 Å². The van der Waals surface area contributed by atoms with Crippen LogP contribution in [0.2, 0.25) is 0 Å². The number of nitrogens with one attached hydrogen (secondary N) is 1. The van der Waals surface area contributed by atoms with Crippen LogP contribution < -0.4 is 5.32 Å². The molecular formula is C18H22N4. The van der Waals surface area contributed by atoms with Crippen LogP contribution in [-0.2, 0) is 13.0 Å². The van der Waals surface area contributed by atoms with Gasteiger partial charge in [0.2, 0.25) is 0 Å². The summed E-state index contributed by atoms with van der Waals surface area (Å²) in [4.78, 5) is 0. The van der Waals surface area contributed by atoms with Crippen LogP contribution in [0.5, 0.6) is 0 Å². The second-order valence-corrected chi connectivity index (χ2v) is 5.85. The highest BCUT2D eigenvalue weighted by molar-refractivity contribution is 5.38. The van der Waals surface area contributed by atoms with Crippen molar-refractivity contribution in [3.63, 3.8) is 0 Å². The molecule has 0 unspecified atom stereocenters. The normalized spacial score (nSPS) is 11.2. The quantitative estimate of drug-likeness (QED) is 0.736. The molecule has 3 aromatic rings. The Morgan fingerprint density at radius 1 is 1.05 bits per heavy atom. The first kappa shape index (κ1) is 14.7. The van der Waals surface area contributed by atoms with Crippen molar-refractivity contribution in [3.05, 3.63) is 64.6 Å². The third-order valence-corrected chi connectivity index (χ3v) is 4.05. The largest absolute Gasteiger partial charge is 0.312 e. The molecule has 22 heavy (non-hydrogen) atoms. The van der Waals surface area contributed by atoms with Gasteiger partial charge in [0.25, 0.3) is 0 Å². The van der Waals surface area contributed by atoms with Crippen molar-refractivity contribution >= 4 is 5.65 Å². The van der Waals surface area contributed by atoms with Crippen LogP contribution in [0.25, 0.3) is 5.65 Å². The lowest BCUT2D eigenvalue weighted by Gasteiger charge is -2.12. The maximum atomic E-state index is 4.26. The zero-order valence-electron chi connectivity index (χ0n) is 13.4. The van der Waals surface area contributed by atoms with Crippen molar-refractivity contribution in [2.75, 3.05) is 6.54 Å². The molecule has 0 radical (unpaired) electrons. The Hall–Kier alpha value is -2.20. The summed E-state index contributed by atoms with van der Waals surface area (Å²) in [6, 6.07) is 10.5. The van der Waals surface area contributed by atoms with Crippen molar-refractivity contribution < 1.29 is 0 Å². The first-order chi connectivity index (χ1) is 10.6. The molecule has 0 saturated heterocycles. The predicted octanol–water partition coefficient (Wildman–Crippen LogP) is 2.99. The number of aryl methyl sites for hydroxylation is 3. The van der Waals surface area contributed by atoms with Crippen LogP contribution in [0.4, 0.5) is 0 Å². The molecule has 0 aliphatic carbocycles. The zero-order chi connectivity index (χ0) is 15.5. The van der Waals surface area contributed by atoms with E-state index in [-0.39, 0.29) is 0 Å². The van der Waals surface area contributed by atoms with Gasteiger partial charge in [-0.15, -0.1) is 10.2 Å². The van der Waals surface area contributed by atoms with Gasteiger partial charge in [-0.25, -0.2) is 0 Å². The summed E-state index contributed by atoms with van der Waals surface area (Å²) in [6.07, 6.45) is 2.88. The molecule has 1 aromatic carbocycles. The highest BCUT2D eigenvalue weighted by Gasteiger charge is 2.06. The van der Waals surface area contributed by atoms with E-state index in [4.69, 9.17) is 0 Å². The average Bonchev–Trinajstić information content (AvgIpc) is 2.89. The minimum atomic E-state index is 0.870. The van der Waals surface area contributed by atoms with E-state index >= 15 is 0 Å². The molecule has 0 aliphatic rings. The summed E-state index contributed by atoms with van der Waals surface area (Å²) in [6.45, 7) is 8.30. The highest BCUT2D eigenvalue weighted by atomic mass is 15.2. The minimum absolute atomic E-state index is 0.870. The van der Waals surface area contributed by atoms with Gasteiger partial charge in [0.15, 0.2) is 5.65 Å². The Bertz CT molecular complexity index is 766. The van der Waals surface area contributed by atoms with Gasteiger partial charge in [-0.05, 0) is 49.6 Å². The number of hydrogen-bond donors (Lipinski definition) is 1. The first-order valence-corrected chi connectivity index (χ1v) is 7.71. The molecule has 0 amide bonds. The molecule has 0 aliphatic heterocycles. The Morgan fingerprint density at radius 3 is 2.59 bits per heavy atom. The lowest BCUT2D eigenvalue weighted by Crippen LogP contribution is -2.19. The zero-order valence-corrected chi connectivity index (χ0v) is 13.4. The summed E-state index contributed by atoms with van der Waals surface area (Å²) >= 11 is 0. The maximum Gasteiger partial charge on any atom is 0.160 e. The molecule has 114 valence electrons. The van der Waals surface area contributed by atoms with Crippen LogP contribution in [-0.4, -0.2) is 21.1 Å². The molecule has 0 fully saturated rings. The van der Waals surface area contributed by atoms with Crippen LogP contribution in [0, 0.1) is 20.8 Å². The topological polar surface area (TPSA) is 42.2 Å². The van der Waals surface area contributed by atoms with E-state index in [1.807, 2.05) is 28.8 Å². The standard InChI is InChI=1S/C18H22N4/c1-13-10-14(2)16(15(3)11-13)12-19-8-7-18-21-20-17-6-4-5-9-22(17)18/h4-6,9-11,19H,7-8,12H2,1-3H3. The number of benzene rings is 1. The molecule has 0 saturated carbocycles. The van der Waals surface area contributed by atoms with Gasteiger partial charge in [-0.3, -0.25) is 4.40 Å². The number of aromatic nitrogens is 3. The molecule has 3 rings (SSSR count). The lowest BCUT2D eigenvalue weighted by molar-refractivity contribution is 0.663. The van der Waals surface area contributed by atoms with Gasteiger partial charge in [0.1, 0.15) is 5.82 Å². The Morgan fingerprint density at radius 2 is 1.82 bits per heavy atom. The molecule has 1 N–H and O–H groups in total. The summed E-state index contributed by atoms with van der Waals surface area (Å²) < 4.78 is 2.05. The summed E-state index contributed by atoms with van der Waals surface area (Å²) in [7, 11) is 0. The van der Waals surface area contributed by atoms with Gasteiger partial charge in [-0.1, -0.05) is 23.8 Å². The summed E-state index contributed by atoms with van der Waals surface area (Å²) in [5, 5.41) is 12.0. The number of hydrogen-bond acceptors (Lipinski definition) is 3. The van der Waals surface area contributed by atoms with Crippen LogP contribution >= 0.6 is 0 Å². The molecule has 2 aromatic heterocycles. The van der Waals surface area contributed by atoms with Gasteiger partial charge in [-0.2, -0.15) is 0 Å². The summed E-state index contributed by atoms with van der Waals surface area (Å²) in [5.41, 5.74) is 6.35. The lowest BCUT2D eigenvalue weighted by atomic mass is 10.00. The molecule has 4 nitrogen and oxygen atoms in total. The Balaban J connectivity index is 1.60. The fourth-order valence-corrected chi connectivity index (χ4v) is 2.96.